The molecule has 2 amide bonds. The smallest absolute Gasteiger partial charge is 0.321 e. The molecule has 0 bridgehead atoms. The number of fused-ring (bicyclic) bond motifs is 1. The van der Waals surface area contributed by atoms with Crippen molar-refractivity contribution < 1.29 is 9.53 Å². The zero-order chi connectivity index (χ0) is 17.2. The van der Waals surface area contributed by atoms with E-state index in [0.717, 1.165) is 61.5 Å². The van der Waals surface area contributed by atoms with Crippen molar-refractivity contribution in [1.82, 2.24) is 14.8 Å². The van der Waals surface area contributed by atoms with Gasteiger partial charge in [-0.1, -0.05) is 0 Å². The van der Waals surface area contributed by atoms with Gasteiger partial charge in [-0.05, 0) is 38.0 Å². The van der Waals surface area contributed by atoms with Gasteiger partial charge in [0.2, 0.25) is 0 Å². The molecule has 2 fully saturated rings. The summed E-state index contributed by atoms with van der Waals surface area (Å²) in [6.45, 7) is 6.59. The zero-order valence-electron chi connectivity index (χ0n) is 14.5. The Labute approximate surface area is 151 Å². The van der Waals surface area contributed by atoms with Crippen LogP contribution in [0, 0.1) is 0 Å². The number of piperidine rings is 1. The molecule has 2 aliphatic rings. The van der Waals surface area contributed by atoms with Crippen molar-refractivity contribution in [1.29, 1.82) is 0 Å². The highest BCUT2D eigenvalue weighted by Crippen LogP contribution is 2.23. The van der Waals surface area contributed by atoms with Crippen LogP contribution in [0.3, 0.4) is 0 Å². The highest BCUT2D eigenvalue weighted by molar-refractivity contribution is 7.16. The number of amides is 2. The Morgan fingerprint density at radius 1 is 1.32 bits per heavy atom. The summed E-state index contributed by atoms with van der Waals surface area (Å²) in [7, 11) is 0. The highest BCUT2D eigenvalue weighted by atomic mass is 32.1. The molecule has 1 aromatic carbocycles. The molecule has 3 heterocycles. The minimum absolute atomic E-state index is 0.00217. The number of urea groups is 1. The van der Waals surface area contributed by atoms with E-state index in [4.69, 9.17) is 4.74 Å². The van der Waals surface area contributed by atoms with E-state index in [-0.39, 0.29) is 6.03 Å². The molecule has 4 rings (SSSR count). The van der Waals surface area contributed by atoms with Gasteiger partial charge in [-0.15, -0.1) is 11.3 Å². The van der Waals surface area contributed by atoms with Gasteiger partial charge >= 0.3 is 6.03 Å². The van der Waals surface area contributed by atoms with Crippen LogP contribution >= 0.6 is 11.3 Å². The number of rotatable bonds is 2. The van der Waals surface area contributed by atoms with Crippen LogP contribution in [0.25, 0.3) is 10.2 Å². The number of morpholine rings is 1. The number of aromatic nitrogens is 1. The molecular formula is C18H24N4O2S. The van der Waals surface area contributed by atoms with Gasteiger partial charge in [-0.3, -0.25) is 4.90 Å². The van der Waals surface area contributed by atoms with Gasteiger partial charge < -0.3 is 15.0 Å². The molecule has 0 saturated carbocycles. The number of likely N-dealkylation sites (tertiary alicyclic amines) is 1. The van der Waals surface area contributed by atoms with E-state index >= 15 is 0 Å². The summed E-state index contributed by atoms with van der Waals surface area (Å²) in [5.74, 6) is 0. The van der Waals surface area contributed by atoms with Gasteiger partial charge in [0.05, 0.1) is 28.4 Å². The fourth-order valence-corrected chi connectivity index (χ4v) is 4.46. The maximum Gasteiger partial charge on any atom is 0.321 e. The lowest BCUT2D eigenvalue weighted by Crippen LogP contribution is -2.52. The number of hydrogen-bond donors (Lipinski definition) is 1. The summed E-state index contributed by atoms with van der Waals surface area (Å²) in [5, 5.41) is 3.03. The van der Waals surface area contributed by atoms with E-state index < -0.39 is 0 Å². The molecule has 1 N–H and O–H groups in total. The van der Waals surface area contributed by atoms with Crippen LogP contribution in [0.4, 0.5) is 10.5 Å². The first-order valence-electron chi connectivity index (χ1n) is 8.94. The van der Waals surface area contributed by atoms with E-state index in [1.165, 1.54) is 0 Å². The van der Waals surface area contributed by atoms with E-state index in [2.05, 4.69) is 22.1 Å². The lowest BCUT2D eigenvalue weighted by atomic mass is 10.0. The molecule has 0 spiro atoms. The molecule has 6 nitrogen and oxygen atoms in total. The van der Waals surface area contributed by atoms with Crippen molar-refractivity contribution in [3.05, 3.63) is 23.7 Å². The van der Waals surface area contributed by atoms with E-state index in [0.29, 0.717) is 12.1 Å². The SMILES string of the molecule is CC1CN(C2CCN(C(=O)Nc3ccc4ncsc4c3)CC2)CCO1. The molecule has 2 aliphatic heterocycles. The molecule has 2 saturated heterocycles. The number of nitrogens with zero attached hydrogens (tertiary/aromatic N) is 3. The van der Waals surface area contributed by atoms with Gasteiger partial charge in [-0.2, -0.15) is 0 Å². The lowest BCUT2D eigenvalue weighted by molar-refractivity contribution is -0.0415. The Balaban J connectivity index is 1.31. The topological polar surface area (TPSA) is 57.7 Å². The Morgan fingerprint density at radius 3 is 2.96 bits per heavy atom. The third-order valence-electron chi connectivity index (χ3n) is 5.12. The van der Waals surface area contributed by atoms with Crippen LogP contribution < -0.4 is 5.32 Å². The molecule has 134 valence electrons. The Hall–Kier alpha value is -1.70. The third kappa shape index (κ3) is 3.78. The molecule has 1 aromatic heterocycles. The fraction of sp³-hybridized carbons (Fsp3) is 0.556. The maximum absolute atomic E-state index is 12.5. The standard InChI is InChI=1S/C18H24N4O2S/c1-13-11-22(8-9-24-13)15-4-6-21(7-5-15)18(23)20-14-2-3-16-17(10-14)25-12-19-16/h2-3,10,12-13,15H,4-9,11H2,1H3,(H,20,23). The molecule has 0 radical (unpaired) electrons. The third-order valence-corrected chi connectivity index (χ3v) is 5.91. The second kappa shape index (κ2) is 7.27. The average molecular weight is 360 g/mol. The first kappa shape index (κ1) is 16.8. The first-order valence-corrected chi connectivity index (χ1v) is 9.82. The van der Waals surface area contributed by atoms with Crippen LogP contribution in [0.5, 0.6) is 0 Å². The molecule has 2 aromatic rings. The highest BCUT2D eigenvalue weighted by Gasteiger charge is 2.29. The van der Waals surface area contributed by atoms with Gasteiger partial charge in [-0.25, -0.2) is 9.78 Å². The predicted molar refractivity (Wildman–Crippen MR) is 100 cm³/mol. The van der Waals surface area contributed by atoms with Crippen molar-refractivity contribution >= 4 is 33.3 Å². The van der Waals surface area contributed by atoms with Gasteiger partial charge in [0.1, 0.15) is 0 Å². The quantitative estimate of drug-likeness (QED) is 0.894. The number of benzene rings is 1. The summed E-state index contributed by atoms with van der Waals surface area (Å²) in [4.78, 5) is 21.3. The van der Waals surface area contributed by atoms with E-state index in [9.17, 15) is 4.79 Å². The molecule has 1 unspecified atom stereocenters. The van der Waals surface area contributed by atoms with E-state index in [1.807, 2.05) is 28.6 Å². The van der Waals surface area contributed by atoms with Gasteiger partial charge in [0.15, 0.2) is 0 Å². The molecule has 7 heteroatoms. The predicted octanol–water partition coefficient (Wildman–Crippen LogP) is 3.01. The minimum Gasteiger partial charge on any atom is -0.376 e. The Morgan fingerprint density at radius 2 is 2.16 bits per heavy atom. The van der Waals surface area contributed by atoms with Crippen LogP contribution in [-0.2, 0) is 4.74 Å². The number of anilines is 1. The number of carbonyl (C=O) groups excluding carboxylic acids is 1. The maximum atomic E-state index is 12.5. The number of carbonyl (C=O) groups is 1. The van der Waals surface area contributed by atoms with Crippen LogP contribution in [0.2, 0.25) is 0 Å². The van der Waals surface area contributed by atoms with Crippen molar-refractivity contribution in [3.8, 4) is 0 Å². The van der Waals surface area contributed by atoms with Crippen LogP contribution in [0.1, 0.15) is 19.8 Å². The van der Waals surface area contributed by atoms with Crippen molar-refractivity contribution in [3.63, 3.8) is 0 Å². The van der Waals surface area contributed by atoms with Gasteiger partial charge in [0.25, 0.3) is 0 Å². The molecular weight excluding hydrogens is 336 g/mol. The molecule has 25 heavy (non-hydrogen) atoms. The Kier molecular flexibility index (Phi) is 4.87. The second-order valence-electron chi connectivity index (χ2n) is 6.86. The van der Waals surface area contributed by atoms with Crippen molar-refractivity contribution in [2.75, 3.05) is 38.1 Å². The normalized spacial score (nSPS) is 23.1. The van der Waals surface area contributed by atoms with Crippen LogP contribution in [-0.4, -0.2) is 65.7 Å². The lowest BCUT2D eigenvalue weighted by Gasteiger charge is -2.41. The number of nitrogens with one attached hydrogen (secondary N) is 1. The number of thiazole rings is 1. The minimum atomic E-state index is -0.00217. The summed E-state index contributed by atoms with van der Waals surface area (Å²) in [6.07, 6.45) is 2.39. The summed E-state index contributed by atoms with van der Waals surface area (Å²) in [6, 6.07) is 6.43. The number of hydrogen-bond acceptors (Lipinski definition) is 5. The first-order chi connectivity index (χ1) is 12.2. The summed E-state index contributed by atoms with van der Waals surface area (Å²) >= 11 is 1.59. The number of ether oxygens (including phenoxy) is 1. The summed E-state index contributed by atoms with van der Waals surface area (Å²) < 4.78 is 6.72. The second-order valence-corrected chi connectivity index (χ2v) is 7.75. The molecule has 1 atom stereocenters. The van der Waals surface area contributed by atoms with E-state index in [1.54, 1.807) is 11.3 Å². The largest absolute Gasteiger partial charge is 0.376 e. The zero-order valence-corrected chi connectivity index (χ0v) is 15.3. The Bertz CT molecular complexity index is 742. The van der Waals surface area contributed by atoms with Crippen molar-refractivity contribution in [2.45, 2.75) is 31.9 Å². The fourth-order valence-electron chi connectivity index (χ4n) is 3.75. The monoisotopic (exact) mass is 360 g/mol. The van der Waals surface area contributed by atoms with Crippen LogP contribution in [0.15, 0.2) is 23.7 Å². The van der Waals surface area contributed by atoms with Crippen molar-refractivity contribution in [2.24, 2.45) is 0 Å². The van der Waals surface area contributed by atoms with Gasteiger partial charge in [0, 0.05) is 37.9 Å². The summed E-state index contributed by atoms with van der Waals surface area (Å²) in [5.41, 5.74) is 3.64. The molecule has 0 aliphatic carbocycles. The average Bonchev–Trinajstić information content (AvgIpc) is 3.09.